The van der Waals surface area contributed by atoms with Crippen LogP contribution in [0.1, 0.15) is 77.6 Å². The molecule has 25 heavy (non-hydrogen) atoms. The fourth-order valence-electron chi connectivity index (χ4n) is 6.91. The SMILES string of the molecule is CC(NC(=O)C(=O)N(C)C1CCCCC1)C12CC3CC(CC(C3)C1)C2. The van der Waals surface area contributed by atoms with Crippen LogP contribution >= 0.6 is 0 Å². The van der Waals surface area contributed by atoms with E-state index >= 15 is 0 Å². The Morgan fingerprint density at radius 1 is 0.960 bits per heavy atom. The Kier molecular flexibility index (Phi) is 4.57. The summed E-state index contributed by atoms with van der Waals surface area (Å²) in [5.41, 5.74) is 0.258. The Balaban J connectivity index is 1.38. The zero-order valence-electron chi connectivity index (χ0n) is 15.9. The molecular weight excluding hydrogens is 312 g/mol. The molecule has 0 aromatic heterocycles. The molecule has 4 heteroatoms. The van der Waals surface area contributed by atoms with Gasteiger partial charge in [0, 0.05) is 19.1 Å². The smallest absolute Gasteiger partial charge is 0.311 e. The molecule has 0 aromatic rings. The van der Waals surface area contributed by atoms with Crippen LogP contribution in [-0.4, -0.2) is 35.8 Å². The maximum absolute atomic E-state index is 12.6. The second kappa shape index (κ2) is 6.59. The van der Waals surface area contributed by atoms with Crippen molar-refractivity contribution in [3.05, 3.63) is 0 Å². The van der Waals surface area contributed by atoms with Gasteiger partial charge >= 0.3 is 11.8 Å². The van der Waals surface area contributed by atoms with Crippen LogP contribution in [0, 0.1) is 23.2 Å². The van der Waals surface area contributed by atoms with Crippen LogP contribution in [0.15, 0.2) is 0 Å². The topological polar surface area (TPSA) is 49.4 Å². The first kappa shape index (κ1) is 17.4. The van der Waals surface area contributed by atoms with Crippen molar-refractivity contribution in [1.82, 2.24) is 10.2 Å². The fourth-order valence-corrected chi connectivity index (χ4v) is 6.91. The van der Waals surface area contributed by atoms with Gasteiger partial charge in [0.1, 0.15) is 0 Å². The van der Waals surface area contributed by atoms with Gasteiger partial charge in [0.15, 0.2) is 0 Å². The molecule has 0 radical (unpaired) electrons. The van der Waals surface area contributed by atoms with Crippen LogP contribution in [0.3, 0.4) is 0 Å². The highest BCUT2D eigenvalue weighted by Gasteiger charge is 2.53. The first-order valence-electron chi connectivity index (χ1n) is 10.5. The van der Waals surface area contributed by atoms with Crippen molar-refractivity contribution in [3.8, 4) is 0 Å². The van der Waals surface area contributed by atoms with Crippen molar-refractivity contribution in [2.24, 2.45) is 23.2 Å². The van der Waals surface area contributed by atoms with E-state index in [4.69, 9.17) is 0 Å². The van der Waals surface area contributed by atoms with Gasteiger partial charge in [-0.25, -0.2) is 0 Å². The molecule has 140 valence electrons. The second-order valence-electron chi connectivity index (χ2n) is 9.68. The molecule has 2 amide bonds. The van der Waals surface area contributed by atoms with Crippen LogP contribution in [0.25, 0.3) is 0 Å². The van der Waals surface area contributed by atoms with Crippen molar-refractivity contribution in [3.63, 3.8) is 0 Å². The molecule has 5 aliphatic carbocycles. The van der Waals surface area contributed by atoms with Crippen molar-refractivity contribution in [1.29, 1.82) is 0 Å². The Hall–Kier alpha value is -1.06. The van der Waals surface area contributed by atoms with Crippen molar-refractivity contribution in [2.45, 2.75) is 89.6 Å². The number of likely N-dealkylation sites (N-methyl/N-ethyl adjacent to an activating group) is 1. The van der Waals surface area contributed by atoms with Gasteiger partial charge < -0.3 is 10.2 Å². The minimum Gasteiger partial charge on any atom is -0.345 e. The summed E-state index contributed by atoms with van der Waals surface area (Å²) in [5, 5.41) is 3.13. The highest BCUT2D eigenvalue weighted by atomic mass is 16.2. The molecule has 1 unspecified atom stereocenters. The summed E-state index contributed by atoms with van der Waals surface area (Å²) >= 11 is 0. The predicted molar refractivity (Wildman–Crippen MR) is 97.9 cm³/mol. The van der Waals surface area contributed by atoms with Crippen molar-refractivity contribution in [2.75, 3.05) is 7.05 Å². The molecule has 1 N–H and O–H groups in total. The summed E-state index contributed by atoms with van der Waals surface area (Å²) in [6.07, 6.45) is 13.7. The lowest BCUT2D eigenvalue weighted by Gasteiger charge is -2.59. The minimum absolute atomic E-state index is 0.122. The van der Waals surface area contributed by atoms with Gasteiger partial charge in [-0.2, -0.15) is 0 Å². The van der Waals surface area contributed by atoms with E-state index in [1.807, 2.05) is 7.05 Å². The molecule has 4 nitrogen and oxygen atoms in total. The summed E-state index contributed by atoms with van der Waals surface area (Å²) < 4.78 is 0. The number of carbonyl (C=O) groups excluding carboxylic acids is 2. The minimum atomic E-state index is -0.378. The maximum atomic E-state index is 12.6. The molecule has 0 aliphatic heterocycles. The first-order chi connectivity index (χ1) is 12.0. The normalized spacial score (nSPS) is 38.4. The van der Waals surface area contributed by atoms with E-state index in [0.717, 1.165) is 30.6 Å². The number of hydrogen-bond donors (Lipinski definition) is 1. The third-order valence-corrected chi connectivity index (χ3v) is 7.99. The van der Waals surface area contributed by atoms with Gasteiger partial charge in [-0.15, -0.1) is 0 Å². The molecule has 0 spiro atoms. The molecule has 4 bridgehead atoms. The zero-order chi connectivity index (χ0) is 17.6. The quantitative estimate of drug-likeness (QED) is 0.795. The Bertz CT molecular complexity index is 503. The third kappa shape index (κ3) is 3.21. The van der Waals surface area contributed by atoms with Gasteiger partial charge in [-0.1, -0.05) is 19.3 Å². The second-order valence-corrected chi connectivity index (χ2v) is 9.68. The summed E-state index contributed by atoms with van der Waals surface area (Å²) in [6.45, 7) is 2.15. The molecule has 0 heterocycles. The standard InChI is InChI=1S/C21H34N2O2/c1-14(21-11-15-8-16(12-21)10-17(9-15)13-21)22-19(24)20(25)23(2)18-6-4-3-5-7-18/h14-18H,3-13H2,1-2H3,(H,22,24). The van der Waals surface area contributed by atoms with Crippen LogP contribution in [0.4, 0.5) is 0 Å². The molecule has 1 atom stereocenters. The fraction of sp³-hybridized carbons (Fsp3) is 0.905. The van der Waals surface area contributed by atoms with Crippen LogP contribution in [-0.2, 0) is 9.59 Å². The van der Waals surface area contributed by atoms with Gasteiger partial charge in [0.25, 0.3) is 0 Å². The number of amides is 2. The zero-order valence-corrected chi connectivity index (χ0v) is 15.9. The monoisotopic (exact) mass is 346 g/mol. The van der Waals surface area contributed by atoms with Crippen LogP contribution < -0.4 is 5.32 Å². The summed E-state index contributed by atoms with van der Waals surface area (Å²) in [5.74, 6) is 1.89. The van der Waals surface area contributed by atoms with Crippen LogP contribution in [0.2, 0.25) is 0 Å². The number of nitrogens with zero attached hydrogens (tertiary/aromatic N) is 1. The summed E-state index contributed by atoms with van der Waals surface area (Å²) in [6, 6.07) is 0.374. The summed E-state index contributed by atoms with van der Waals surface area (Å²) in [7, 11) is 1.81. The van der Waals surface area contributed by atoms with E-state index in [-0.39, 0.29) is 29.3 Å². The molecule has 5 rings (SSSR count). The van der Waals surface area contributed by atoms with E-state index in [1.165, 1.54) is 57.8 Å². The van der Waals surface area contributed by atoms with E-state index in [1.54, 1.807) is 4.90 Å². The van der Waals surface area contributed by atoms with Crippen molar-refractivity contribution >= 4 is 11.8 Å². The molecule has 5 fully saturated rings. The van der Waals surface area contributed by atoms with E-state index in [2.05, 4.69) is 12.2 Å². The average molecular weight is 347 g/mol. The largest absolute Gasteiger partial charge is 0.345 e. The van der Waals surface area contributed by atoms with E-state index < -0.39 is 0 Å². The Morgan fingerprint density at radius 3 is 2.00 bits per heavy atom. The lowest BCUT2D eigenvalue weighted by Crippen LogP contribution is -2.58. The lowest BCUT2D eigenvalue weighted by molar-refractivity contribution is -0.148. The number of nitrogens with one attached hydrogen (secondary N) is 1. The highest BCUT2D eigenvalue weighted by molar-refractivity contribution is 6.35. The Morgan fingerprint density at radius 2 is 1.48 bits per heavy atom. The first-order valence-corrected chi connectivity index (χ1v) is 10.5. The molecular formula is C21H34N2O2. The summed E-state index contributed by atoms with van der Waals surface area (Å²) in [4.78, 5) is 27.0. The van der Waals surface area contributed by atoms with Crippen molar-refractivity contribution < 1.29 is 9.59 Å². The van der Waals surface area contributed by atoms with Gasteiger partial charge in [0.2, 0.25) is 0 Å². The molecule has 5 saturated carbocycles. The Labute approximate surface area is 152 Å². The number of rotatable bonds is 3. The molecule has 0 saturated heterocycles. The van der Waals surface area contributed by atoms with E-state index in [9.17, 15) is 9.59 Å². The molecule has 0 aromatic carbocycles. The van der Waals surface area contributed by atoms with Gasteiger partial charge in [-0.05, 0) is 81.5 Å². The lowest BCUT2D eigenvalue weighted by atomic mass is 9.48. The number of hydrogen-bond acceptors (Lipinski definition) is 2. The predicted octanol–water partition coefficient (Wildman–Crippen LogP) is 3.50. The average Bonchev–Trinajstić information content (AvgIpc) is 2.60. The van der Waals surface area contributed by atoms with Gasteiger partial charge in [0.05, 0.1) is 0 Å². The van der Waals surface area contributed by atoms with E-state index in [0.29, 0.717) is 0 Å². The number of carbonyl (C=O) groups is 2. The maximum Gasteiger partial charge on any atom is 0.311 e. The third-order valence-electron chi connectivity index (χ3n) is 7.99. The van der Waals surface area contributed by atoms with Gasteiger partial charge in [-0.3, -0.25) is 9.59 Å². The van der Waals surface area contributed by atoms with Crippen LogP contribution in [0.5, 0.6) is 0 Å². The molecule has 5 aliphatic rings. The highest BCUT2D eigenvalue weighted by Crippen LogP contribution is 2.61.